The molecule has 0 aliphatic heterocycles. The Hall–Kier alpha value is -8.34. The highest BCUT2D eigenvalue weighted by atomic mass is 15.0. The second-order valence-electron chi connectivity index (χ2n) is 16.1. The van der Waals surface area contributed by atoms with E-state index in [9.17, 15) is 0 Å². The minimum atomic E-state index is 0.713. The summed E-state index contributed by atoms with van der Waals surface area (Å²) >= 11 is 0. The maximum atomic E-state index is 5.06. The van der Waals surface area contributed by atoms with Gasteiger partial charge in [-0.05, 0) is 89.8 Å². The maximum Gasteiger partial charge on any atom is 0.160 e. The van der Waals surface area contributed by atoms with Crippen molar-refractivity contribution in [3.05, 3.63) is 242 Å². The summed E-state index contributed by atoms with van der Waals surface area (Å²) in [6, 6.07) is 83.7. The molecule has 68 heavy (non-hydrogen) atoms. The van der Waals surface area contributed by atoms with Crippen molar-refractivity contribution in [2.24, 2.45) is 0 Å². The van der Waals surface area contributed by atoms with Crippen molar-refractivity contribution in [2.45, 2.75) is 41.0 Å². The van der Waals surface area contributed by atoms with Crippen LogP contribution < -0.4 is 0 Å². The lowest BCUT2D eigenvalue weighted by Gasteiger charge is -2.12. The molecule has 0 N–H and O–H groups in total. The minimum Gasteiger partial charge on any atom is -0.309 e. The molecular weight excluding hydrogens is 825 g/mol. The molecule has 0 bridgehead atoms. The van der Waals surface area contributed by atoms with Gasteiger partial charge in [-0.1, -0.05) is 204 Å². The van der Waals surface area contributed by atoms with Crippen molar-refractivity contribution in [1.29, 1.82) is 0 Å². The fourth-order valence-electron chi connectivity index (χ4n) is 9.00. The Morgan fingerprint density at radius 1 is 0.309 bits per heavy atom. The molecule has 0 saturated heterocycles. The smallest absolute Gasteiger partial charge is 0.160 e. The number of rotatable bonds is 7. The van der Waals surface area contributed by atoms with Crippen molar-refractivity contribution in [3.63, 3.8) is 0 Å². The van der Waals surface area contributed by atoms with Crippen molar-refractivity contribution in [3.8, 4) is 56.4 Å². The van der Waals surface area contributed by atoms with Gasteiger partial charge >= 0.3 is 0 Å². The van der Waals surface area contributed by atoms with E-state index in [-0.39, 0.29) is 0 Å². The van der Waals surface area contributed by atoms with Gasteiger partial charge < -0.3 is 9.13 Å². The van der Waals surface area contributed by atoms with Crippen LogP contribution in [0.15, 0.2) is 237 Å². The zero-order valence-corrected chi connectivity index (χ0v) is 39.5. The van der Waals surface area contributed by atoms with E-state index >= 15 is 0 Å². The topological polar surface area (TPSA) is 35.6 Å². The van der Waals surface area contributed by atoms with Crippen LogP contribution in [0.1, 0.15) is 40.2 Å². The highest BCUT2D eigenvalue weighted by molar-refractivity contribution is 6.12. The molecule has 0 saturated carbocycles. The minimum absolute atomic E-state index is 0.713. The first-order valence-corrected chi connectivity index (χ1v) is 24.0. The Morgan fingerprint density at radius 3 is 1.15 bits per heavy atom. The monoisotopic (exact) mass is 880 g/mol. The number of hydrogen-bond acceptors (Lipinski definition) is 2. The average molecular weight is 881 g/mol. The molecule has 0 amide bonds. The molecule has 0 spiro atoms. The number of aromatic nitrogens is 4. The van der Waals surface area contributed by atoms with Crippen LogP contribution in [0.3, 0.4) is 0 Å². The van der Waals surface area contributed by atoms with Crippen molar-refractivity contribution < 1.29 is 0 Å². The predicted molar refractivity (Wildman–Crippen MR) is 291 cm³/mol. The third-order valence-corrected chi connectivity index (χ3v) is 12.2. The predicted octanol–water partition coefficient (Wildman–Crippen LogP) is 17.6. The van der Waals surface area contributed by atoms with E-state index in [1.165, 1.54) is 66.0 Å². The third kappa shape index (κ3) is 8.97. The summed E-state index contributed by atoms with van der Waals surface area (Å²) in [7, 11) is 0. The lowest BCUT2D eigenvalue weighted by atomic mass is 10.0. The largest absolute Gasteiger partial charge is 0.309 e. The molecule has 0 radical (unpaired) electrons. The zero-order chi connectivity index (χ0) is 46.8. The van der Waals surface area contributed by atoms with Gasteiger partial charge in [0.05, 0.1) is 33.5 Å². The molecule has 4 heteroatoms. The van der Waals surface area contributed by atoms with E-state index in [0.717, 1.165) is 40.2 Å². The zero-order valence-electron chi connectivity index (χ0n) is 39.5. The molecule has 0 unspecified atom stereocenters. The van der Waals surface area contributed by atoms with Gasteiger partial charge in [0.1, 0.15) is 0 Å². The number of fused-ring (bicyclic) bond motifs is 6. The van der Waals surface area contributed by atoms with E-state index in [1.54, 1.807) is 0 Å². The van der Waals surface area contributed by atoms with Gasteiger partial charge in [-0.15, -0.1) is 0 Å². The van der Waals surface area contributed by atoms with Gasteiger partial charge in [0.15, 0.2) is 5.82 Å². The van der Waals surface area contributed by atoms with E-state index in [2.05, 4.69) is 210 Å². The lowest BCUT2D eigenvalue weighted by molar-refractivity contribution is 1.14. The SMILES string of the molecule is CC.CC.CCc1ccccc1.c1ccc(-c2cc(-c3ccc(-n4c5ccccc5c5cc(-c6ccc7c(c6)c6ccccc6n7-c6ccccc6)ccc54)cc3)nc(-c3ccccc3)n2)cc1. The first-order chi connectivity index (χ1) is 33.7. The van der Waals surface area contributed by atoms with Crippen LogP contribution in [0.4, 0.5) is 0 Å². The molecule has 0 aliphatic rings. The van der Waals surface area contributed by atoms with Crippen molar-refractivity contribution in [2.75, 3.05) is 0 Å². The number of hydrogen-bond donors (Lipinski definition) is 0. The first kappa shape index (κ1) is 44.8. The molecule has 332 valence electrons. The lowest BCUT2D eigenvalue weighted by Crippen LogP contribution is -1.97. The standard InChI is InChI=1S/C52H34N4.C8H10.2C2H6/c1-4-14-35(15-5-1)46-34-47(54-52(53-46)37-16-6-2-7-17-37)36-24-28-41(29-25-36)56-49-23-13-11-21-43(49)45-33-39(27-31-51(45)56)38-26-30-50-44(32-38)42-20-10-12-22-48(42)55(50)40-18-8-3-9-19-40;1-2-8-6-4-3-5-7-8;2*1-2/h1-34H;3-7H,2H2,1H3;2*1-2H3. The Kier molecular flexibility index (Phi) is 13.8. The van der Waals surface area contributed by atoms with Gasteiger partial charge in [0.25, 0.3) is 0 Å². The normalized spacial score (nSPS) is 10.8. The first-order valence-electron chi connectivity index (χ1n) is 24.0. The fourth-order valence-corrected chi connectivity index (χ4v) is 9.00. The van der Waals surface area contributed by atoms with Crippen LogP contribution >= 0.6 is 0 Å². The number of aryl methyl sites for hydroxylation is 1. The third-order valence-electron chi connectivity index (χ3n) is 12.2. The van der Waals surface area contributed by atoms with E-state index in [4.69, 9.17) is 9.97 Å². The van der Waals surface area contributed by atoms with Crippen LogP contribution in [-0.2, 0) is 6.42 Å². The van der Waals surface area contributed by atoms with Crippen LogP contribution in [0.5, 0.6) is 0 Å². The van der Waals surface area contributed by atoms with Gasteiger partial charge in [-0.3, -0.25) is 0 Å². The maximum absolute atomic E-state index is 5.06. The summed E-state index contributed by atoms with van der Waals surface area (Å²) < 4.78 is 4.74. The summed E-state index contributed by atoms with van der Waals surface area (Å²) in [6.45, 7) is 10.2. The highest BCUT2D eigenvalue weighted by Crippen LogP contribution is 2.39. The summed E-state index contributed by atoms with van der Waals surface area (Å²) in [4.78, 5) is 10.0. The van der Waals surface area contributed by atoms with E-state index < -0.39 is 0 Å². The van der Waals surface area contributed by atoms with Gasteiger partial charge in [0.2, 0.25) is 0 Å². The van der Waals surface area contributed by atoms with Crippen LogP contribution in [0, 0.1) is 0 Å². The number of nitrogens with zero attached hydrogens (tertiary/aromatic N) is 4. The average Bonchev–Trinajstić information content (AvgIpc) is 3.95. The van der Waals surface area contributed by atoms with Gasteiger partial charge in [0, 0.05) is 49.6 Å². The van der Waals surface area contributed by atoms with Crippen LogP contribution in [-0.4, -0.2) is 19.1 Å². The summed E-state index contributed by atoms with van der Waals surface area (Å²) in [6.07, 6.45) is 1.14. The van der Waals surface area contributed by atoms with Crippen molar-refractivity contribution in [1.82, 2.24) is 19.1 Å². The Balaban J connectivity index is 0.000000430. The number of para-hydroxylation sites is 3. The molecule has 0 aliphatic carbocycles. The molecule has 9 aromatic carbocycles. The molecule has 3 heterocycles. The number of benzene rings is 9. The second-order valence-corrected chi connectivity index (χ2v) is 16.1. The molecule has 0 atom stereocenters. The van der Waals surface area contributed by atoms with Gasteiger partial charge in [-0.25, -0.2) is 9.97 Å². The van der Waals surface area contributed by atoms with Crippen molar-refractivity contribution >= 4 is 43.6 Å². The highest BCUT2D eigenvalue weighted by Gasteiger charge is 2.17. The quantitative estimate of drug-likeness (QED) is 0.160. The summed E-state index contributed by atoms with van der Waals surface area (Å²) in [5.74, 6) is 0.713. The van der Waals surface area contributed by atoms with E-state index in [1.807, 2.05) is 70.2 Å². The van der Waals surface area contributed by atoms with Gasteiger partial charge in [-0.2, -0.15) is 0 Å². The fraction of sp³-hybridized carbons (Fsp3) is 0.0938. The molecule has 4 nitrogen and oxygen atoms in total. The molecule has 3 aromatic heterocycles. The molecular formula is C64H56N4. The molecule has 12 rings (SSSR count). The summed E-state index contributed by atoms with van der Waals surface area (Å²) in [5.41, 5.74) is 15.7. The molecule has 0 fully saturated rings. The Bertz CT molecular complexity index is 3500. The second kappa shape index (κ2) is 20.9. The Labute approximate surface area is 400 Å². The van der Waals surface area contributed by atoms with Crippen LogP contribution in [0.25, 0.3) is 100 Å². The van der Waals surface area contributed by atoms with E-state index in [0.29, 0.717) is 5.82 Å². The van der Waals surface area contributed by atoms with Crippen LogP contribution in [0.2, 0.25) is 0 Å². The Morgan fingerprint density at radius 2 is 0.676 bits per heavy atom. The summed E-state index contributed by atoms with van der Waals surface area (Å²) in [5, 5.41) is 4.96. The molecule has 12 aromatic rings.